The summed E-state index contributed by atoms with van der Waals surface area (Å²) in [6, 6.07) is 34.1. The molecule has 0 aromatic heterocycles. The topological polar surface area (TPSA) is 204 Å². The van der Waals surface area contributed by atoms with Gasteiger partial charge in [-0.3, -0.25) is 0 Å². The predicted molar refractivity (Wildman–Crippen MR) is 328 cm³/mol. The van der Waals surface area contributed by atoms with Crippen molar-refractivity contribution in [3.05, 3.63) is 202 Å². The number of rotatable bonds is 38. The zero-order valence-electron chi connectivity index (χ0n) is 50.2. The SMILES string of the molecule is C=CC(=O)OCCCCCCc1ccc(C(=O)Oc2ccc(OC(=O)c3ccc(OCCOCCOCCOCCOc4ccc(C(=O)Oc5ccc(OC(=O)c6ccc(CCCCCCOC(=O)C=C)cc6C)cc5)c(C)c4)cc3C)cc2)c(C)c1. The summed E-state index contributed by atoms with van der Waals surface area (Å²) >= 11 is 0. The summed E-state index contributed by atoms with van der Waals surface area (Å²) in [5, 5.41) is 0. The molecular formula is C70H78O17. The standard InChI is InChI=1S/C70H78O17/c1-7-65(71)82-35-15-11-9-13-17-53-19-31-61(49(3)45-53)67(73)84-55-21-25-57(26-22-55)86-69(75)63-33-29-59(47-51(63)5)80-43-41-78-39-37-77-38-40-79-42-44-81-60-30-34-64(52(6)48-60)70(76)87-58-27-23-56(24-28-58)85-68(74)62-32-20-54(46-50(62)4)18-14-10-12-16-36-83-66(72)8-2/h7-8,19-34,45-48H,1-2,9-18,35-44H2,3-6H3. The molecule has 17 nitrogen and oxygen atoms in total. The molecule has 6 aromatic carbocycles. The number of esters is 6. The first-order chi connectivity index (χ1) is 42.2. The fourth-order valence-corrected chi connectivity index (χ4v) is 8.94. The molecule has 6 aromatic rings. The first-order valence-corrected chi connectivity index (χ1v) is 29.3. The molecule has 0 atom stereocenters. The van der Waals surface area contributed by atoms with Gasteiger partial charge in [0.05, 0.1) is 75.1 Å². The van der Waals surface area contributed by atoms with Gasteiger partial charge in [-0.1, -0.05) is 63.1 Å². The zero-order chi connectivity index (χ0) is 62.2. The molecule has 0 aliphatic rings. The molecule has 0 bridgehead atoms. The van der Waals surface area contributed by atoms with E-state index in [1.54, 1.807) is 111 Å². The van der Waals surface area contributed by atoms with E-state index in [0.717, 1.165) is 98.6 Å². The Morgan fingerprint density at radius 1 is 0.322 bits per heavy atom. The summed E-state index contributed by atoms with van der Waals surface area (Å²) in [6.45, 7) is 17.6. The van der Waals surface area contributed by atoms with Gasteiger partial charge < -0.3 is 52.1 Å². The highest BCUT2D eigenvalue weighted by Gasteiger charge is 2.18. The van der Waals surface area contributed by atoms with Gasteiger partial charge in [0.2, 0.25) is 0 Å². The number of carbonyl (C=O) groups excluding carboxylic acids is 6. The van der Waals surface area contributed by atoms with Gasteiger partial charge in [-0.05, 0) is 197 Å². The Labute approximate surface area is 509 Å². The second-order valence-corrected chi connectivity index (χ2v) is 20.4. The lowest BCUT2D eigenvalue weighted by Gasteiger charge is -2.12. The average Bonchev–Trinajstić information content (AvgIpc) is 2.84. The first kappa shape index (κ1) is 67.2. The smallest absolute Gasteiger partial charge is 0.343 e. The third kappa shape index (κ3) is 23.8. The van der Waals surface area contributed by atoms with Crippen molar-refractivity contribution in [3.8, 4) is 34.5 Å². The first-order valence-electron chi connectivity index (χ1n) is 29.3. The molecule has 0 aliphatic carbocycles. The van der Waals surface area contributed by atoms with Crippen LogP contribution in [0.25, 0.3) is 0 Å². The molecule has 0 amide bonds. The van der Waals surface area contributed by atoms with Crippen molar-refractivity contribution >= 4 is 35.8 Å². The van der Waals surface area contributed by atoms with E-state index in [-0.39, 0.29) is 0 Å². The van der Waals surface area contributed by atoms with E-state index in [1.165, 1.54) is 0 Å². The number of aryl methyl sites for hydroxylation is 6. The summed E-state index contributed by atoms with van der Waals surface area (Å²) in [5.41, 5.74) is 6.90. The number of benzene rings is 6. The molecular weight excluding hydrogens is 1110 g/mol. The van der Waals surface area contributed by atoms with Crippen molar-refractivity contribution in [2.75, 3.05) is 66.1 Å². The van der Waals surface area contributed by atoms with Crippen molar-refractivity contribution in [2.24, 2.45) is 0 Å². The third-order valence-electron chi connectivity index (χ3n) is 13.6. The second-order valence-electron chi connectivity index (χ2n) is 20.4. The van der Waals surface area contributed by atoms with E-state index in [2.05, 4.69) is 13.2 Å². The van der Waals surface area contributed by atoms with E-state index in [0.29, 0.717) is 134 Å². The molecule has 0 unspecified atom stereocenters. The number of unbranched alkanes of at least 4 members (excludes halogenated alkanes) is 6. The van der Waals surface area contributed by atoms with Gasteiger partial charge in [-0.15, -0.1) is 0 Å². The van der Waals surface area contributed by atoms with Crippen molar-refractivity contribution in [3.63, 3.8) is 0 Å². The van der Waals surface area contributed by atoms with Crippen LogP contribution in [-0.2, 0) is 46.1 Å². The van der Waals surface area contributed by atoms with E-state index in [1.807, 2.05) is 38.1 Å². The Bertz CT molecular complexity index is 3020. The monoisotopic (exact) mass is 1190 g/mol. The summed E-state index contributed by atoms with van der Waals surface area (Å²) in [7, 11) is 0. The Kier molecular flexibility index (Phi) is 28.5. The van der Waals surface area contributed by atoms with Crippen LogP contribution in [0.5, 0.6) is 34.5 Å². The van der Waals surface area contributed by atoms with Gasteiger partial charge in [0.25, 0.3) is 0 Å². The van der Waals surface area contributed by atoms with Crippen molar-refractivity contribution in [2.45, 2.75) is 91.9 Å². The maximum absolute atomic E-state index is 13.1. The molecule has 0 heterocycles. The molecule has 6 rings (SSSR count). The lowest BCUT2D eigenvalue weighted by atomic mass is 10.0. The predicted octanol–water partition coefficient (Wildman–Crippen LogP) is 13.0. The minimum absolute atomic E-state index is 0.291. The average molecular weight is 1190 g/mol. The fourth-order valence-electron chi connectivity index (χ4n) is 8.94. The van der Waals surface area contributed by atoms with E-state index < -0.39 is 35.8 Å². The van der Waals surface area contributed by atoms with Gasteiger partial charge in [-0.2, -0.15) is 0 Å². The van der Waals surface area contributed by atoms with Crippen molar-refractivity contribution in [1.29, 1.82) is 0 Å². The molecule has 17 heteroatoms. The van der Waals surface area contributed by atoms with E-state index >= 15 is 0 Å². The van der Waals surface area contributed by atoms with Crippen LogP contribution in [0, 0.1) is 27.7 Å². The zero-order valence-corrected chi connectivity index (χ0v) is 50.2. The van der Waals surface area contributed by atoms with Crippen LogP contribution in [0.15, 0.2) is 147 Å². The van der Waals surface area contributed by atoms with Crippen LogP contribution in [0.3, 0.4) is 0 Å². The van der Waals surface area contributed by atoms with Crippen molar-refractivity contribution in [1.82, 2.24) is 0 Å². The number of hydrogen-bond acceptors (Lipinski definition) is 17. The molecule has 460 valence electrons. The lowest BCUT2D eigenvalue weighted by Crippen LogP contribution is -2.14. The molecule has 87 heavy (non-hydrogen) atoms. The summed E-state index contributed by atoms with van der Waals surface area (Å²) in [4.78, 5) is 74.5. The summed E-state index contributed by atoms with van der Waals surface area (Å²) in [6.07, 6.45) is 11.5. The fraction of sp³-hybridized carbons (Fsp3) is 0.343. The molecule has 0 fully saturated rings. The number of ether oxygens (including phenoxy) is 11. The quantitative estimate of drug-likeness (QED) is 0.0153. The second kappa shape index (κ2) is 36.8. The van der Waals surface area contributed by atoms with E-state index in [9.17, 15) is 28.8 Å². The molecule has 0 saturated heterocycles. The minimum Gasteiger partial charge on any atom is -0.491 e. The van der Waals surface area contributed by atoms with Crippen LogP contribution in [-0.4, -0.2) is 102 Å². The Morgan fingerprint density at radius 2 is 0.598 bits per heavy atom. The van der Waals surface area contributed by atoms with Crippen LogP contribution in [0.1, 0.15) is 126 Å². The van der Waals surface area contributed by atoms with Gasteiger partial charge >= 0.3 is 35.8 Å². The Morgan fingerprint density at radius 3 is 0.897 bits per heavy atom. The Balaban J connectivity index is 0.769. The highest BCUT2D eigenvalue weighted by atomic mass is 16.6. The summed E-state index contributed by atoms with van der Waals surface area (Å²) < 4.78 is 61.0. The highest BCUT2D eigenvalue weighted by molar-refractivity contribution is 5.95. The van der Waals surface area contributed by atoms with Gasteiger partial charge in [0, 0.05) is 12.2 Å². The van der Waals surface area contributed by atoms with E-state index in [4.69, 9.17) is 52.1 Å². The van der Waals surface area contributed by atoms with Crippen LogP contribution < -0.4 is 28.4 Å². The van der Waals surface area contributed by atoms with Gasteiger partial charge in [0.15, 0.2) is 0 Å². The van der Waals surface area contributed by atoms with Crippen LogP contribution in [0.4, 0.5) is 0 Å². The summed E-state index contributed by atoms with van der Waals surface area (Å²) in [5.74, 6) is -0.503. The van der Waals surface area contributed by atoms with Crippen LogP contribution >= 0.6 is 0 Å². The molecule has 0 aliphatic heterocycles. The molecule has 0 saturated carbocycles. The highest BCUT2D eigenvalue weighted by Crippen LogP contribution is 2.26. The Hall–Kier alpha value is -8.90. The molecule has 0 spiro atoms. The normalized spacial score (nSPS) is 10.8. The number of carbonyl (C=O) groups is 6. The molecule has 0 N–H and O–H groups in total. The lowest BCUT2D eigenvalue weighted by molar-refractivity contribution is -0.138. The van der Waals surface area contributed by atoms with Gasteiger partial charge in [0.1, 0.15) is 47.7 Å². The molecule has 0 radical (unpaired) electrons. The minimum atomic E-state index is -0.543. The van der Waals surface area contributed by atoms with Gasteiger partial charge in [-0.25, -0.2) is 28.8 Å². The maximum atomic E-state index is 13.1. The third-order valence-corrected chi connectivity index (χ3v) is 13.6. The van der Waals surface area contributed by atoms with Crippen LogP contribution in [0.2, 0.25) is 0 Å². The number of hydrogen-bond donors (Lipinski definition) is 0. The maximum Gasteiger partial charge on any atom is 0.343 e. The van der Waals surface area contributed by atoms with Crippen molar-refractivity contribution < 1.29 is 80.9 Å². The largest absolute Gasteiger partial charge is 0.491 e.